The lowest BCUT2D eigenvalue weighted by molar-refractivity contribution is -0.122. The molecular formula is C32H35N3O4S2. The lowest BCUT2D eigenvalue weighted by Crippen LogP contribution is -2.54. The summed E-state index contributed by atoms with van der Waals surface area (Å²) in [6, 6.07) is 9.65. The normalized spacial score (nSPS) is 17.0. The van der Waals surface area contributed by atoms with E-state index in [1.54, 1.807) is 17.4 Å². The lowest BCUT2D eigenvalue weighted by atomic mass is 9.95. The minimum absolute atomic E-state index is 0.000873. The number of anilines is 1. The molecule has 7 nitrogen and oxygen atoms in total. The quantitative estimate of drug-likeness (QED) is 0.146. The predicted octanol–water partition coefficient (Wildman–Crippen LogP) is 6.56. The molecule has 1 aliphatic carbocycles. The van der Waals surface area contributed by atoms with Crippen molar-refractivity contribution in [2.24, 2.45) is 0 Å². The van der Waals surface area contributed by atoms with Crippen LogP contribution in [0.2, 0.25) is 0 Å². The zero-order chi connectivity index (χ0) is 29.4. The van der Waals surface area contributed by atoms with Gasteiger partial charge in [0.2, 0.25) is 0 Å². The first-order chi connectivity index (χ1) is 19.7. The summed E-state index contributed by atoms with van der Waals surface area (Å²) in [5.41, 5.74) is 5.96. The second-order valence-corrected chi connectivity index (χ2v) is 12.1. The Labute approximate surface area is 250 Å². The Balaban J connectivity index is 1.54. The molecule has 2 aliphatic rings. The summed E-state index contributed by atoms with van der Waals surface area (Å²) in [4.78, 5) is 42.4. The molecule has 1 saturated heterocycles. The second kappa shape index (κ2) is 11.7. The van der Waals surface area contributed by atoms with Gasteiger partial charge in [0.1, 0.15) is 10.6 Å². The van der Waals surface area contributed by atoms with E-state index in [2.05, 4.69) is 19.2 Å². The molecule has 1 aromatic carbocycles. The first-order valence-electron chi connectivity index (χ1n) is 14.2. The molecule has 3 aromatic rings. The molecule has 2 amide bonds. The molecule has 9 heteroatoms. The van der Waals surface area contributed by atoms with Gasteiger partial charge in [-0.15, -0.1) is 11.3 Å². The first kappa shape index (κ1) is 29.0. The van der Waals surface area contributed by atoms with Crippen molar-refractivity contribution < 1.29 is 19.1 Å². The summed E-state index contributed by atoms with van der Waals surface area (Å²) in [5, 5.41) is 3.57. The Hall–Kier alpha value is -3.56. The molecule has 0 radical (unpaired) electrons. The van der Waals surface area contributed by atoms with Crippen LogP contribution in [0.5, 0.6) is 0 Å². The van der Waals surface area contributed by atoms with Crippen LogP contribution in [0.25, 0.3) is 11.1 Å². The van der Waals surface area contributed by atoms with E-state index in [-0.39, 0.29) is 16.7 Å². The first-order valence-corrected chi connectivity index (χ1v) is 15.4. The number of thiophene rings is 1. The van der Waals surface area contributed by atoms with Crippen LogP contribution in [-0.2, 0) is 27.2 Å². The Kier molecular flexibility index (Phi) is 8.29. The van der Waals surface area contributed by atoms with Crippen LogP contribution in [-0.4, -0.2) is 34.1 Å². The molecular weight excluding hydrogens is 555 g/mol. The zero-order valence-corrected chi connectivity index (χ0v) is 25.8. The van der Waals surface area contributed by atoms with E-state index in [4.69, 9.17) is 17.0 Å². The van der Waals surface area contributed by atoms with E-state index in [9.17, 15) is 14.4 Å². The Morgan fingerprint density at radius 3 is 2.54 bits per heavy atom. The number of aryl methyl sites for hydroxylation is 2. The highest BCUT2D eigenvalue weighted by atomic mass is 32.1. The van der Waals surface area contributed by atoms with Crippen LogP contribution >= 0.6 is 23.6 Å². The molecule has 0 saturated carbocycles. The number of aromatic nitrogens is 1. The van der Waals surface area contributed by atoms with Gasteiger partial charge in [-0.1, -0.05) is 26.0 Å². The fraction of sp³-hybridized carbons (Fsp3) is 0.375. The molecule has 5 rings (SSSR count). The van der Waals surface area contributed by atoms with Crippen molar-refractivity contribution in [2.75, 3.05) is 11.5 Å². The van der Waals surface area contributed by atoms with Gasteiger partial charge in [0.15, 0.2) is 5.11 Å². The van der Waals surface area contributed by atoms with Gasteiger partial charge >= 0.3 is 5.97 Å². The van der Waals surface area contributed by atoms with Gasteiger partial charge < -0.3 is 9.30 Å². The van der Waals surface area contributed by atoms with Gasteiger partial charge in [0.05, 0.1) is 17.9 Å². The van der Waals surface area contributed by atoms with Crippen molar-refractivity contribution in [2.45, 2.75) is 72.6 Å². The Bertz CT molecular complexity index is 1580. The molecule has 41 heavy (non-hydrogen) atoms. The minimum Gasteiger partial charge on any atom is -0.462 e. The number of amides is 2. The maximum absolute atomic E-state index is 13.7. The summed E-state index contributed by atoms with van der Waals surface area (Å²) in [6.45, 7) is 10.3. The van der Waals surface area contributed by atoms with E-state index in [0.717, 1.165) is 59.6 Å². The third kappa shape index (κ3) is 5.28. The maximum Gasteiger partial charge on any atom is 0.341 e. The van der Waals surface area contributed by atoms with Crippen molar-refractivity contribution in [3.63, 3.8) is 0 Å². The number of carbonyl (C=O) groups excluding carboxylic acids is 3. The van der Waals surface area contributed by atoms with E-state index in [1.165, 1.54) is 15.3 Å². The van der Waals surface area contributed by atoms with Crippen LogP contribution in [0.1, 0.15) is 89.3 Å². The zero-order valence-electron chi connectivity index (χ0n) is 24.1. The van der Waals surface area contributed by atoms with Gasteiger partial charge in [-0.25, -0.2) is 4.79 Å². The van der Waals surface area contributed by atoms with Crippen LogP contribution in [0.4, 0.5) is 5.69 Å². The molecule has 0 bridgehead atoms. The van der Waals surface area contributed by atoms with Crippen LogP contribution < -0.4 is 10.2 Å². The highest BCUT2D eigenvalue weighted by molar-refractivity contribution is 7.80. The number of hydrogen-bond donors (Lipinski definition) is 1. The van der Waals surface area contributed by atoms with Crippen LogP contribution in [0.15, 0.2) is 35.9 Å². The fourth-order valence-electron chi connectivity index (χ4n) is 5.60. The molecule has 214 valence electrons. The summed E-state index contributed by atoms with van der Waals surface area (Å²) in [5.74, 6) is -0.911. The predicted molar refractivity (Wildman–Crippen MR) is 167 cm³/mol. The number of hydrogen-bond acceptors (Lipinski definition) is 6. The van der Waals surface area contributed by atoms with Crippen molar-refractivity contribution >= 4 is 58.2 Å². The Morgan fingerprint density at radius 1 is 1.15 bits per heavy atom. The molecule has 3 heterocycles. The third-order valence-electron chi connectivity index (χ3n) is 8.04. The number of carbonyl (C=O) groups is 3. The third-order valence-corrected chi connectivity index (χ3v) is 9.60. The highest BCUT2D eigenvalue weighted by Gasteiger charge is 2.35. The van der Waals surface area contributed by atoms with Gasteiger partial charge in [0, 0.05) is 16.3 Å². The van der Waals surface area contributed by atoms with Gasteiger partial charge in [0.25, 0.3) is 11.8 Å². The molecule has 1 fully saturated rings. The molecule has 1 atom stereocenters. The van der Waals surface area contributed by atoms with Crippen LogP contribution in [0, 0.1) is 13.8 Å². The highest BCUT2D eigenvalue weighted by Crippen LogP contribution is 2.39. The average molecular weight is 590 g/mol. The van der Waals surface area contributed by atoms with E-state index < -0.39 is 11.8 Å². The number of nitrogens with zero attached hydrogens (tertiary/aromatic N) is 2. The average Bonchev–Trinajstić information content (AvgIpc) is 3.46. The van der Waals surface area contributed by atoms with Gasteiger partial charge in [-0.2, -0.15) is 0 Å². The van der Waals surface area contributed by atoms with Crippen molar-refractivity contribution in [3.8, 4) is 5.00 Å². The number of thiocarbonyl (C=S) groups is 1. The van der Waals surface area contributed by atoms with E-state index in [0.29, 0.717) is 23.8 Å². The van der Waals surface area contributed by atoms with Crippen molar-refractivity contribution in [1.29, 1.82) is 0 Å². The summed E-state index contributed by atoms with van der Waals surface area (Å²) < 4.78 is 7.51. The monoisotopic (exact) mass is 589 g/mol. The van der Waals surface area contributed by atoms with Gasteiger partial charge in [-0.05, 0) is 112 Å². The fourth-order valence-corrected chi connectivity index (χ4v) is 7.37. The lowest BCUT2D eigenvalue weighted by Gasteiger charge is -2.29. The number of fused-ring (bicyclic) bond motifs is 1. The topological polar surface area (TPSA) is 80.6 Å². The molecule has 1 unspecified atom stereocenters. The van der Waals surface area contributed by atoms with Crippen molar-refractivity contribution in [3.05, 3.63) is 74.4 Å². The number of nitrogens with one attached hydrogen (secondary N) is 1. The summed E-state index contributed by atoms with van der Waals surface area (Å²) in [6.07, 6.45) is 6.59. The maximum atomic E-state index is 13.7. The van der Waals surface area contributed by atoms with E-state index >= 15 is 0 Å². The van der Waals surface area contributed by atoms with Gasteiger partial charge in [-0.3, -0.25) is 19.8 Å². The number of rotatable bonds is 7. The molecule has 2 aromatic heterocycles. The molecule has 1 N–H and O–H groups in total. The summed E-state index contributed by atoms with van der Waals surface area (Å²) in [7, 11) is 0. The largest absolute Gasteiger partial charge is 0.462 e. The number of esters is 1. The molecule has 0 spiro atoms. The molecule has 1 aliphatic heterocycles. The Morgan fingerprint density at radius 2 is 1.85 bits per heavy atom. The summed E-state index contributed by atoms with van der Waals surface area (Å²) >= 11 is 7.04. The standard InChI is InChI=1S/C32H35N3O4S2/c1-6-18(3)21-12-14-23(15-13-21)35-29(37)25(28(36)33-32(35)40)17-22-16-19(4)34(20(22)5)30-27(31(38)39-7-2)24-10-8-9-11-26(24)41-30/h12-18H,6-11H2,1-5H3,(H,33,36,40). The minimum atomic E-state index is -0.531. The number of ether oxygens (including phenoxy) is 1. The SMILES string of the molecule is CCOC(=O)c1c(-n2c(C)cc(C=C3C(=O)NC(=S)N(c4ccc(C(C)CC)cc4)C3=O)c2C)sc2c1CCCC2. The number of benzene rings is 1. The second-order valence-electron chi connectivity index (χ2n) is 10.6. The smallest absolute Gasteiger partial charge is 0.341 e. The van der Waals surface area contributed by atoms with Crippen LogP contribution in [0.3, 0.4) is 0 Å². The van der Waals surface area contributed by atoms with E-state index in [1.807, 2.05) is 55.7 Å². The van der Waals surface area contributed by atoms with Crippen molar-refractivity contribution in [1.82, 2.24) is 9.88 Å².